The topological polar surface area (TPSA) is 74.8 Å². The third kappa shape index (κ3) is 6.73. The molecule has 2 N–H and O–H groups in total. The predicted molar refractivity (Wildman–Crippen MR) is 113 cm³/mol. The van der Waals surface area contributed by atoms with E-state index in [1.54, 1.807) is 30.3 Å². The van der Waals surface area contributed by atoms with E-state index < -0.39 is 0 Å². The predicted octanol–water partition coefficient (Wildman–Crippen LogP) is 3.76. The number of amides is 1. The molecule has 5 nitrogen and oxygen atoms in total. The summed E-state index contributed by atoms with van der Waals surface area (Å²) in [6.07, 6.45) is 0.674. The third-order valence-corrected chi connectivity index (χ3v) is 5.26. The number of nitrogens with one attached hydrogen (secondary N) is 2. The number of halogens is 2. The third-order valence-electron chi connectivity index (χ3n) is 4.09. The van der Waals surface area contributed by atoms with Gasteiger partial charge in [0.1, 0.15) is 5.82 Å². The van der Waals surface area contributed by atoms with Crippen molar-refractivity contribution in [2.75, 3.05) is 6.54 Å². The Kier molecular flexibility index (Phi) is 7.43. The van der Waals surface area contributed by atoms with Crippen LogP contribution in [0.4, 0.5) is 4.39 Å². The van der Waals surface area contributed by atoms with Crippen LogP contribution in [0.15, 0.2) is 64.5 Å². The number of nitrogens with zero attached hydrogens (tertiary/aromatic N) is 1. The molecule has 2 aromatic carbocycles. The van der Waals surface area contributed by atoms with Gasteiger partial charge in [0.2, 0.25) is 5.91 Å². The Morgan fingerprint density at radius 1 is 1.17 bits per heavy atom. The van der Waals surface area contributed by atoms with Crippen LogP contribution in [0.25, 0.3) is 0 Å². The van der Waals surface area contributed by atoms with Gasteiger partial charge in [-0.05, 0) is 35.7 Å². The SMILES string of the molecule is O=C(Cc1cc(=O)[nH]c(SCc2ccccc2F)n1)NCCc1ccc(Cl)cc1. The van der Waals surface area contributed by atoms with Crippen LogP contribution < -0.4 is 10.9 Å². The minimum absolute atomic E-state index is 0.00219. The summed E-state index contributed by atoms with van der Waals surface area (Å²) in [6.45, 7) is 0.471. The van der Waals surface area contributed by atoms with Gasteiger partial charge in [0, 0.05) is 23.4 Å². The van der Waals surface area contributed by atoms with Crippen molar-refractivity contribution in [1.29, 1.82) is 0 Å². The standard InChI is InChI=1S/C21H19ClFN3O2S/c22-16-7-5-14(6-8-16)9-10-24-19(27)11-17-12-20(28)26-21(25-17)29-13-15-3-1-2-4-18(15)23/h1-8,12H,9-11,13H2,(H,24,27)(H,25,26,28). The largest absolute Gasteiger partial charge is 0.355 e. The Morgan fingerprint density at radius 2 is 1.93 bits per heavy atom. The van der Waals surface area contributed by atoms with Crippen molar-refractivity contribution in [3.05, 3.63) is 92.6 Å². The number of aromatic amines is 1. The van der Waals surface area contributed by atoms with Gasteiger partial charge in [0.05, 0.1) is 12.1 Å². The summed E-state index contributed by atoms with van der Waals surface area (Å²) in [5.74, 6) is -0.201. The summed E-state index contributed by atoms with van der Waals surface area (Å²) >= 11 is 7.06. The van der Waals surface area contributed by atoms with E-state index in [0.717, 1.165) is 5.56 Å². The highest BCUT2D eigenvalue weighted by molar-refractivity contribution is 7.98. The normalized spacial score (nSPS) is 10.7. The molecule has 0 aliphatic rings. The molecule has 8 heteroatoms. The van der Waals surface area contributed by atoms with Gasteiger partial charge in [-0.1, -0.05) is 53.7 Å². The Hall–Kier alpha value is -2.64. The van der Waals surface area contributed by atoms with E-state index in [0.29, 0.717) is 40.2 Å². The Balaban J connectivity index is 1.53. The molecule has 29 heavy (non-hydrogen) atoms. The lowest BCUT2D eigenvalue weighted by Gasteiger charge is -2.07. The average Bonchev–Trinajstić information content (AvgIpc) is 2.68. The molecule has 0 saturated heterocycles. The number of carbonyl (C=O) groups is 1. The molecule has 0 unspecified atom stereocenters. The number of H-pyrrole nitrogens is 1. The molecule has 1 heterocycles. The maximum absolute atomic E-state index is 13.7. The summed E-state index contributed by atoms with van der Waals surface area (Å²) in [6, 6.07) is 15.2. The van der Waals surface area contributed by atoms with Gasteiger partial charge in [-0.2, -0.15) is 0 Å². The maximum atomic E-state index is 13.7. The highest BCUT2D eigenvalue weighted by atomic mass is 35.5. The zero-order valence-electron chi connectivity index (χ0n) is 15.5. The van der Waals surface area contributed by atoms with Crippen molar-refractivity contribution in [2.24, 2.45) is 0 Å². The van der Waals surface area contributed by atoms with Crippen LogP contribution in [-0.2, 0) is 23.4 Å². The number of hydrogen-bond acceptors (Lipinski definition) is 4. The minimum Gasteiger partial charge on any atom is -0.355 e. The smallest absolute Gasteiger partial charge is 0.251 e. The fourth-order valence-electron chi connectivity index (χ4n) is 2.63. The van der Waals surface area contributed by atoms with Crippen LogP contribution in [0, 0.1) is 5.82 Å². The molecule has 0 radical (unpaired) electrons. The quantitative estimate of drug-likeness (QED) is 0.420. The molecule has 0 spiro atoms. The monoisotopic (exact) mass is 431 g/mol. The Bertz CT molecular complexity index is 1040. The summed E-state index contributed by atoms with van der Waals surface area (Å²) in [7, 11) is 0. The van der Waals surface area contributed by atoms with Crippen molar-refractivity contribution in [1.82, 2.24) is 15.3 Å². The van der Waals surface area contributed by atoms with Gasteiger partial charge in [0.25, 0.3) is 5.56 Å². The first-order valence-corrected chi connectivity index (χ1v) is 10.3. The van der Waals surface area contributed by atoms with E-state index in [4.69, 9.17) is 11.6 Å². The summed E-state index contributed by atoms with van der Waals surface area (Å²) in [5.41, 5.74) is 1.61. The van der Waals surface area contributed by atoms with E-state index in [9.17, 15) is 14.0 Å². The van der Waals surface area contributed by atoms with Crippen molar-refractivity contribution in [3.8, 4) is 0 Å². The summed E-state index contributed by atoms with van der Waals surface area (Å²) in [4.78, 5) is 30.9. The Labute approximate surface area is 176 Å². The van der Waals surface area contributed by atoms with Gasteiger partial charge < -0.3 is 10.3 Å². The second kappa shape index (κ2) is 10.2. The zero-order chi connectivity index (χ0) is 20.6. The van der Waals surface area contributed by atoms with E-state index in [1.807, 2.05) is 12.1 Å². The molecule has 150 valence electrons. The minimum atomic E-state index is -0.347. The second-order valence-electron chi connectivity index (χ2n) is 6.33. The van der Waals surface area contributed by atoms with Crippen molar-refractivity contribution in [3.63, 3.8) is 0 Å². The van der Waals surface area contributed by atoms with Crippen LogP contribution in [0.2, 0.25) is 5.02 Å². The fourth-order valence-corrected chi connectivity index (χ4v) is 3.64. The number of hydrogen-bond donors (Lipinski definition) is 2. The number of rotatable bonds is 8. The van der Waals surface area contributed by atoms with Gasteiger partial charge >= 0.3 is 0 Å². The number of benzene rings is 2. The van der Waals surface area contributed by atoms with Gasteiger partial charge in [-0.15, -0.1) is 0 Å². The molecular weight excluding hydrogens is 413 g/mol. The molecule has 0 aliphatic carbocycles. The number of carbonyl (C=O) groups excluding carboxylic acids is 1. The summed E-state index contributed by atoms with van der Waals surface area (Å²) < 4.78 is 13.7. The van der Waals surface area contributed by atoms with Crippen molar-refractivity contribution < 1.29 is 9.18 Å². The summed E-state index contributed by atoms with van der Waals surface area (Å²) in [5, 5.41) is 3.84. The lowest BCUT2D eigenvalue weighted by molar-refractivity contribution is -0.120. The van der Waals surface area contributed by atoms with Crippen molar-refractivity contribution >= 4 is 29.3 Å². The lowest BCUT2D eigenvalue weighted by Crippen LogP contribution is -2.28. The van der Waals surface area contributed by atoms with Gasteiger partial charge in [-0.3, -0.25) is 9.59 Å². The van der Waals surface area contributed by atoms with E-state index in [-0.39, 0.29) is 23.7 Å². The van der Waals surface area contributed by atoms with E-state index >= 15 is 0 Å². The molecule has 3 aromatic rings. The molecular formula is C21H19ClFN3O2S. The average molecular weight is 432 g/mol. The fraction of sp³-hybridized carbons (Fsp3) is 0.190. The maximum Gasteiger partial charge on any atom is 0.251 e. The zero-order valence-corrected chi connectivity index (χ0v) is 17.0. The van der Waals surface area contributed by atoms with Crippen LogP contribution in [0.5, 0.6) is 0 Å². The Morgan fingerprint density at radius 3 is 2.69 bits per heavy atom. The van der Waals surface area contributed by atoms with Crippen LogP contribution in [0.1, 0.15) is 16.8 Å². The molecule has 3 rings (SSSR count). The molecule has 0 fully saturated rings. The van der Waals surface area contributed by atoms with Crippen LogP contribution in [-0.4, -0.2) is 22.4 Å². The molecule has 0 atom stereocenters. The molecule has 0 aliphatic heterocycles. The molecule has 0 bridgehead atoms. The van der Waals surface area contributed by atoms with Gasteiger partial charge in [0.15, 0.2) is 5.16 Å². The van der Waals surface area contributed by atoms with Crippen LogP contribution >= 0.6 is 23.4 Å². The molecule has 1 amide bonds. The molecule has 0 saturated carbocycles. The highest BCUT2D eigenvalue weighted by Crippen LogP contribution is 2.20. The first kappa shape index (κ1) is 21.1. The van der Waals surface area contributed by atoms with Gasteiger partial charge in [-0.25, -0.2) is 9.37 Å². The molecule has 1 aromatic heterocycles. The van der Waals surface area contributed by atoms with Crippen LogP contribution in [0.3, 0.4) is 0 Å². The van der Waals surface area contributed by atoms with E-state index in [1.165, 1.54) is 23.9 Å². The first-order chi connectivity index (χ1) is 14.0. The second-order valence-corrected chi connectivity index (χ2v) is 7.73. The number of aromatic nitrogens is 2. The number of thioether (sulfide) groups is 1. The van der Waals surface area contributed by atoms with E-state index in [2.05, 4.69) is 15.3 Å². The lowest BCUT2D eigenvalue weighted by atomic mass is 10.1. The first-order valence-electron chi connectivity index (χ1n) is 8.97. The highest BCUT2D eigenvalue weighted by Gasteiger charge is 2.09. The van der Waals surface area contributed by atoms with Crippen molar-refractivity contribution in [2.45, 2.75) is 23.8 Å².